The van der Waals surface area contributed by atoms with E-state index in [1.165, 1.54) is 16.1 Å². The molecule has 0 N–H and O–H groups in total. The van der Waals surface area contributed by atoms with Gasteiger partial charge in [-0.2, -0.15) is 9.03 Å². The van der Waals surface area contributed by atoms with Gasteiger partial charge in [-0.3, -0.25) is 9.97 Å². The van der Waals surface area contributed by atoms with E-state index in [9.17, 15) is 0 Å². The Hall–Kier alpha value is -7.22. The van der Waals surface area contributed by atoms with Gasteiger partial charge in [-0.15, -0.1) is 30.6 Å². The molecule has 0 aliphatic carbocycles. The quantitative estimate of drug-likeness (QED) is 0.146. The predicted molar refractivity (Wildman–Crippen MR) is 183 cm³/mol. The molecule has 54 heavy (non-hydrogen) atoms. The highest BCUT2D eigenvalue weighted by Crippen LogP contribution is 2.31. The van der Waals surface area contributed by atoms with E-state index >= 15 is 0 Å². The highest BCUT2D eigenvalue weighted by Gasteiger charge is 2.21. The lowest BCUT2D eigenvalue weighted by atomic mass is 10.3. The molecule has 8 aromatic rings. The molecule has 0 saturated heterocycles. The van der Waals surface area contributed by atoms with Crippen LogP contribution in [-0.4, -0.2) is 81.2 Å². The van der Waals surface area contributed by atoms with E-state index in [0.717, 1.165) is 5.69 Å². The molecule has 20 nitrogen and oxygen atoms in total. The van der Waals surface area contributed by atoms with Gasteiger partial charge in [0.2, 0.25) is 11.6 Å². The standard InChI is InChI=1S/C34H30N12O8/c1-19-10-25(43-53-19)31-39-38-30-14-28(34(42-46(30)31)51-16-21-7-5-6-20(36-21)15-47-2)50-18-24-12-26(44-54-24)32-40-37-29-13-27(49-4)33(41-45(29)32)52-17-22-11-23(48-3)8-9-35-22/h5-14H,15-18H2,1-4H3. The first kappa shape index (κ1) is 33.9. The molecule has 8 rings (SSSR count). The summed E-state index contributed by atoms with van der Waals surface area (Å²) in [6, 6.07) is 15.8. The number of ether oxygens (including phenoxy) is 6. The molecule has 0 saturated carbocycles. The van der Waals surface area contributed by atoms with Crippen molar-refractivity contribution in [3.05, 3.63) is 89.4 Å². The van der Waals surface area contributed by atoms with Crippen molar-refractivity contribution < 1.29 is 37.5 Å². The third kappa shape index (κ3) is 6.99. The van der Waals surface area contributed by atoms with Crippen LogP contribution in [0.4, 0.5) is 0 Å². The van der Waals surface area contributed by atoms with Crippen molar-refractivity contribution in [2.45, 2.75) is 33.4 Å². The molecule has 0 aliphatic heterocycles. The number of fused-ring (bicyclic) bond motifs is 2. The fraction of sp³-hybridized carbons (Fsp3) is 0.235. The van der Waals surface area contributed by atoms with Gasteiger partial charge in [-0.05, 0) is 25.1 Å². The molecule has 0 bridgehead atoms. The van der Waals surface area contributed by atoms with Crippen molar-refractivity contribution in [1.29, 1.82) is 0 Å². The van der Waals surface area contributed by atoms with Gasteiger partial charge < -0.3 is 37.5 Å². The zero-order valence-electron chi connectivity index (χ0n) is 29.2. The predicted octanol–water partition coefficient (Wildman–Crippen LogP) is 3.87. The highest BCUT2D eigenvalue weighted by molar-refractivity contribution is 5.58. The fourth-order valence-electron chi connectivity index (χ4n) is 5.26. The molecule has 0 spiro atoms. The number of methoxy groups -OCH3 is 3. The molecular formula is C34H30N12O8. The van der Waals surface area contributed by atoms with Crippen molar-refractivity contribution in [3.63, 3.8) is 0 Å². The third-order valence-corrected chi connectivity index (χ3v) is 7.78. The molecule has 0 atom stereocenters. The van der Waals surface area contributed by atoms with Crippen molar-refractivity contribution in [3.8, 4) is 52.0 Å². The SMILES string of the molecule is COCc1cccc(COc2nn3c(-c4cc(C)on4)nnc3cc2OCc2cc(-c3nnc4cc(OC)c(OCc5cc(OC)ccn5)nn34)no2)n1. The number of hydrogen-bond acceptors (Lipinski definition) is 18. The van der Waals surface area contributed by atoms with Crippen LogP contribution in [0, 0.1) is 6.92 Å². The molecule has 0 radical (unpaired) electrons. The number of aromatic nitrogens is 12. The first-order valence-electron chi connectivity index (χ1n) is 16.3. The van der Waals surface area contributed by atoms with Crippen molar-refractivity contribution in [2.24, 2.45) is 0 Å². The maximum absolute atomic E-state index is 6.17. The number of rotatable bonds is 15. The zero-order valence-corrected chi connectivity index (χ0v) is 29.2. The lowest BCUT2D eigenvalue weighted by molar-refractivity contribution is 0.180. The van der Waals surface area contributed by atoms with Crippen LogP contribution < -0.4 is 23.7 Å². The van der Waals surface area contributed by atoms with E-state index in [1.54, 1.807) is 63.7 Å². The Kier molecular flexibility index (Phi) is 9.29. The van der Waals surface area contributed by atoms with Gasteiger partial charge in [0.15, 0.2) is 39.9 Å². The first-order chi connectivity index (χ1) is 26.5. The zero-order chi connectivity index (χ0) is 37.0. The Balaban J connectivity index is 1.04. The van der Waals surface area contributed by atoms with Crippen LogP contribution in [0.15, 0.2) is 69.8 Å². The van der Waals surface area contributed by atoms with E-state index in [4.69, 9.17) is 37.5 Å². The van der Waals surface area contributed by atoms with E-state index in [-0.39, 0.29) is 37.3 Å². The summed E-state index contributed by atoms with van der Waals surface area (Å²) in [4.78, 5) is 8.89. The van der Waals surface area contributed by atoms with Crippen LogP contribution >= 0.6 is 0 Å². The number of hydrogen-bond donors (Lipinski definition) is 0. The Labute approximate surface area is 304 Å². The van der Waals surface area contributed by atoms with Crippen LogP contribution in [0.25, 0.3) is 34.3 Å². The number of pyridine rings is 2. The summed E-state index contributed by atoms with van der Waals surface area (Å²) < 4.78 is 48.1. The van der Waals surface area contributed by atoms with Crippen molar-refractivity contribution >= 4 is 11.3 Å². The van der Waals surface area contributed by atoms with Gasteiger partial charge in [0.25, 0.3) is 11.8 Å². The van der Waals surface area contributed by atoms with Gasteiger partial charge in [-0.25, -0.2) is 0 Å². The fourth-order valence-corrected chi connectivity index (χ4v) is 5.26. The average Bonchev–Trinajstić information content (AvgIpc) is 4.02. The largest absolute Gasteiger partial charge is 0.497 e. The maximum Gasteiger partial charge on any atom is 0.275 e. The Bertz CT molecular complexity index is 2560. The number of aryl methyl sites for hydroxylation is 1. The summed E-state index contributed by atoms with van der Waals surface area (Å²) in [6.07, 6.45) is 1.63. The van der Waals surface area contributed by atoms with Crippen molar-refractivity contribution in [2.75, 3.05) is 21.3 Å². The van der Waals surface area contributed by atoms with Crippen LogP contribution in [0.1, 0.15) is 28.6 Å². The molecule has 0 unspecified atom stereocenters. The Morgan fingerprint density at radius 3 is 1.98 bits per heavy atom. The Morgan fingerprint density at radius 1 is 0.630 bits per heavy atom. The average molecular weight is 735 g/mol. The molecule has 8 aromatic heterocycles. The molecule has 0 amide bonds. The first-order valence-corrected chi connectivity index (χ1v) is 16.3. The molecule has 0 aliphatic rings. The van der Waals surface area contributed by atoms with E-state index in [1.807, 2.05) is 18.2 Å². The van der Waals surface area contributed by atoms with Gasteiger partial charge in [-0.1, -0.05) is 16.4 Å². The molecule has 274 valence electrons. The second-order valence-corrected chi connectivity index (χ2v) is 11.5. The molecule has 20 heteroatoms. The minimum atomic E-state index is -0.0633. The number of nitrogens with zero attached hydrogens (tertiary/aromatic N) is 12. The smallest absolute Gasteiger partial charge is 0.275 e. The second-order valence-electron chi connectivity index (χ2n) is 11.5. The highest BCUT2D eigenvalue weighted by atomic mass is 16.5. The topological polar surface area (TPSA) is 219 Å². The van der Waals surface area contributed by atoms with E-state index in [0.29, 0.717) is 75.3 Å². The van der Waals surface area contributed by atoms with Crippen LogP contribution in [0.3, 0.4) is 0 Å². The van der Waals surface area contributed by atoms with Crippen LogP contribution in [0.5, 0.6) is 29.0 Å². The molecule has 8 heterocycles. The minimum Gasteiger partial charge on any atom is -0.497 e. The summed E-state index contributed by atoms with van der Waals surface area (Å²) in [5, 5.41) is 34.5. The summed E-state index contributed by atoms with van der Waals surface area (Å²) >= 11 is 0. The summed E-state index contributed by atoms with van der Waals surface area (Å²) in [6.45, 7) is 2.26. The minimum absolute atomic E-state index is 0.0633. The molecule has 0 aromatic carbocycles. The summed E-state index contributed by atoms with van der Waals surface area (Å²) in [5.41, 5.74) is 3.62. The third-order valence-electron chi connectivity index (χ3n) is 7.78. The van der Waals surface area contributed by atoms with Crippen LogP contribution in [0.2, 0.25) is 0 Å². The van der Waals surface area contributed by atoms with Crippen LogP contribution in [-0.2, 0) is 31.2 Å². The lowest BCUT2D eigenvalue weighted by Gasteiger charge is -2.12. The molecular weight excluding hydrogens is 704 g/mol. The van der Waals surface area contributed by atoms with Gasteiger partial charge >= 0.3 is 0 Å². The Morgan fingerprint density at radius 2 is 1.30 bits per heavy atom. The second kappa shape index (κ2) is 14.8. The van der Waals surface area contributed by atoms with E-state index in [2.05, 4.69) is 50.9 Å². The van der Waals surface area contributed by atoms with Crippen molar-refractivity contribution in [1.82, 2.24) is 59.9 Å². The molecule has 0 fully saturated rings. The maximum atomic E-state index is 6.17. The van der Waals surface area contributed by atoms with Gasteiger partial charge in [0, 0.05) is 43.6 Å². The van der Waals surface area contributed by atoms with Gasteiger partial charge in [0.1, 0.15) is 31.3 Å². The lowest BCUT2D eigenvalue weighted by Crippen LogP contribution is -2.07. The normalized spacial score (nSPS) is 11.3. The summed E-state index contributed by atoms with van der Waals surface area (Å²) in [5.74, 6) is 3.22. The van der Waals surface area contributed by atoms with E-state index < -0.39 is 0 Å². The monoisotopic (exact) mass is 734 g/mol. The summed E-state index contributed by atoms with van der Waals surface area (Å²) in [7, 11) is 4.69. The van der Waals surface area contributed by atoms with Gasteiger partial charge in [0.05, 0.1) is 37.9 Å².